The van der Waals surface area contributed by atoms with Crippen molar-refractivity contribution in [2.75, 3.05) is 33.4 Å². The summed E-state index contributed by atoms with van der Waals surface area (Å²) in [5.41, 5.74) is 2.67. The fourth-order valence-corrected chi connectivity index (χ4v) is 2.63. The largest absolute Gasteiger partial charge is 0.377 e. The molecular weight excluding hydrogens is 310 g/mol. The van der Waals surface area contributed by atoms with Crippen molar-refractivity contribution in [1.29, 1.82) is 0 Å². The van der Waals surface area contributed by atoms with Crippen molar-refractivity contribution in [2.24, 2.45) is 4.99 Å². The summed E-state index contributed by atoms with van der Waals surface area (Å²) in [6.45, 7) is 6.15. The van der Waals surface area contributed by atoms with Crippen LogP contribution in [-0.4, -0.2) is 44.2 Å². The van der Waals surface area contributed by atoms with Gasteiger partial charge >= 0.3 is 0 Å². The van der Waals surface area contributed by atoms with Crippen molar-refractivity contribution in [3.8, 4) is 0 Å². The van der Waals surface area contributed by atoms with E-state index < -0.39 is 0 Å². The summed E-state index contributed by atoms with van der Waals surface area (Å²) in [5.74, 6) is 0.940. The van der Waals surface area contributed by atoms with Gasteiger partial charge in [-0.3, -0.25) is 4.99 Å². The number of ether oxygens (including phenoxy) is 1. The molecule has 0 bridgehead atoms. The lowest BCUT2D eigenvalue weighted by Crippen LogP contribution is -2.38. The molecule has 0 unspecified atom stereocenters. The summed E-state index contributed by atoms with van der Waals surface area (Å²) in [6.07, 6.45) is 4.23. The summed E-state index contributed by atoms with van der Waals surface area (Å²) in [5, 5.41) is 4.12. The molecule has 1 aromatic carbocycles. The van der Waals surface area contributed by atoms with Crippen LogP contribution in [0.4, 0.5) is 0 Å². The summed E-state index contributed by atoms with van der Waals surface area (Å²) >= 11 is 5.94. The Hall–Kier alpha value is -1.52. The van der Waals surface area contributed by atoms with Crippen LogP contribution in [0.5, 0.6) is 0 Å². The molecule has 5 heteroatoms. The van der Waals surface area contributed by atoms with Crippen LogP contribution in [0.1, 0.15) is 25.3 Å². The molecule has 0 atom stereocenters. The van der Waals surface area contributed by atoms with Crippen molar-refractivity contribution in [3.63, 3.8) is 0 Å². The minimum Gasteiger partial charge on any atom is -0.377 e. The molecule has 0 saturated carbocycles. The van der Waals surface area contributed by atoms with Crippen molar-refractivity contribution in [2.45, 2.75) is 26.3 Å². The maximum atomic E-state index is 5.94. The quantitative estimate of drug-likeness (QED) is 0.491. The van der Waals surface area contributed by atoms with E-state index in [1.54, 1.807) is 0 Å². The van der Waals surface area contributed by atoms with Crippen molar-refractivity contribution < 1.29 is 4.74 Å². The predicted molar refractivity (Wildman–Crippen MR) is 97.0 cm³/mol. The van der Waals surface area contributed by atoms with Crippen molar-refractivity contribution >= 4 is 17.6 Å². The number of hydrogen-bond acceptors (Lipinski definition) is 2. The van der Waals surface area contributed by atoms with Crippen molar-refractivity contribution in [3.05, 3.63) is 46.5 Å². The van der Waals surface area contributed by atoms with Crippen LogP contribution < -0.4 is 5.32 Å². The number of guanidine groups is 1. The van der Waals surface area contributed by atoms with Gasteiger partial charge in [-0.1, -0.05) is 35.4 Å². The van der Waals surface area contributed by atoms with Gasteiger partial charge in [0.15, 0.2) is 5.96 Å². The highest BCUT2D eigenvalue weighted by molar-refractivity contribution is 6.30. The highest BCUT2D eigenvalue weighted by atomic mass is 35.5. The van der Waals surface area contributed by atoms with E-state index >= 15 is 0 Å². The zero-order valence-electron chi connectivity index (χ0n) is 14.0. The zero-order chi connectivity index (χ0) is 16.5. The van der Waals surface area contributed by atoms with Gasteiger partial charge in [0.05, 0.1) is 13.2 Å². The molecule has 1 aliphatic rings. The third-order valence-electron chi connectivity index (χ3n) is 3.78. The first-order valence-corrected chi connectivity index (χ1v) is 8.56. The van der Waals surface area contributed by atoms with Gasteiger partial charge in [0, 0.05) is 31.7 Å². The van der Waals surface area contributed by atoms with E-state index in [0.29, 0.717) is 0 Å². The molecule has 0 amide bonds. The Kier molecular flexibility index (Phi) is 7.43. The van der Waals surface area contributed by atoms with Gasteiger partial charge < -0.3 is 15.0 Å². The number of hydrogen-bond donors (Lipinski definition) is 1. The van der Waals surface area contributed by atoms with E-state index in [1.165, 1.54) is 11.1 Å². The standard InChI is InChI=1S/C18H26ClN3O/c1-3-20-18(21-11-8-15-9-12-23-13-10-15)22(2)14-16-4-6-17(19)7-5-16/h4-7,9H,3,8,10-14H2,1-2H3,(H,20,21). The monoisotopic (exact) mass is 335 g/mol. The van der Waals surface area contributed by atoms with Gasteiger partial charge in [-0.2, -0.15) is 0 Å². The number of rotatable bonds is 6. The maximum absolute atomic E-state index is 5.94. The molecule has 0 radical (unpaired) electrons. The lowest BCUT2D eigenvalue weighted by molar-refractivity contribution is 0.153. The van der Waals surface area contributed by atoms with Crippen LogP contribution in [0.3, 0.4) is 0 Å². The Morgan fingerprint density at radius 1 is 1.35 bits per heavy atom. The van der Waals surface area contributed by atoms with Gasteiger partial charge in [0.25, 0.3) is 0 Å². The number of nitrogens with zero attached hydrogens (tertiary/aromatic N) is 2. The molecule has 0 saturated heterocycles. The first-order valence-electron chi connectivity index (χ1n) is 8.18. The fraction of sp³-hybridized carbons (Fsp3) is 0.500. The zero-order valence-corrected chi connectivity index (χ0v) is 14.8. The molecule has 0 fully saturated rings. The normalized spacial score (nSPS) is 15.3. The van der Waals surface area contributed by atoms with Crippen LogP contribution in [0.25, 0.3) is 0 Å². The van der Waals surface area contributed by atoms with E-state index in [2.05, 4.69) is 42.4 Å². The lowest BCUT2D eigenvalue weighted by Gasteiger charge is -2.22. The smallest absolute Gasteiger partial charge is 0.193 e. The minimum absolute atomic E-state index is 0.746. The van der Waals surface area contributed by atoms with Crippen molar-refractivity contribution in [1.82, 2.24) is 10.2 Å². The second-order valence-electron chi connectivity index (χ2n) is 5.66. The van der Waals surface area contributed by atoms with Crippen LogP contribution in [-0.2, 0) is 11.3 Å². The van der Waals surface area contributed by atoms with Gasteiger partial charge in [-0.05, 0) is 37.5 Å². The second kappa shape index (κ2) is 9.58. The Labute approximate surface area is 144 Å². The first-order chi connectivity index (χ1) is 11.2. The molecule has 1 N–H and O–H groups in total. The van der Waals surface area contributed by atoms with E-state index in [0.717, 1.165) is 56.7 Å². The van der Waals surface area contributed by atoms with Gasteiger partial charge in [-0.25, -0.2) is 0 Å². The van der Waals surface area contributed by atoms with E-state index in [1.807, 2.05) is 12.1 Å². The Bertz CT molecular complexity index is 540. The molecule has 0 aliphatic carbocycles. The minimum atomic E-state index is 0.746. The van der Waals surface area contributed by atoms with E-state index in [4.69, 9.17) is 21.3 Å². The predicted octanol–water partition coefficient (Wildman–Crippen LogP) is 3.47. The SMILES string of the molecule is CCNC(=NCCC1=CCOCC1)N(C)Cc1ccc(Cl)cc1. The molecule has 1 aliphatic heterocycles. The maximum Gasteiger partial charge on any atom is 0.193 e. The Morgan fingerprint density at radius 2 is 2.13 bits per heavy atom. The van der Waals surface area contributed by atoms with Crippen LogP contribution in [0.2, 0.25) is 5.02 Å². The molecule has 126 valence electrons. The van der Waals surface area contributed by atoms with E-state index in [-0.39, 0.29) is 0 Å². The van der Waals surface area contributed by atoms with Crippen LogP contribution in [0.15, 0.2) is 40.9 Å². The van der Waals surface area contributed by atoms with E-state index in [9.17, 15) is 0 Å². The number of nitrogens with one attached hydrogen (secondary N) is 1. The number of benzene rings is 1. The lowest BCUT2D eigenvalue weighted by atomic mass is 10.1. The first kappa shape index (κ1) is 17.8. The van der Waals surface area contributed by atoms with Gasteiger partial charge in [0.1, 0.15) is 0 Å². The van der Waals surface area contributed by atoms with Gasteiger partial charge in [0.2, 0.25) is 0 Å². The summed E-state index contributed by atoms with van der Waals surface area (Å²) in [4.78, 5) is 6.89. The average molecular weight is 336 g/mol. The Morgan fingerprint density at radius 3 is 2.78 bits per heavy atom. The molecule has 4 nitrogen and oxygen atoms in total. The van der Waals surface area contributed by atoms with Crippen LogP contribution >= 0.6 is 11.6 Å². The fourth-order valence-electron chi connectivity index (χ4n) is 2.51. The summed E-state index contributed by atoms with van der Waals surface area (Å²) < 4.78 is 5.34. The third kappa shape index (κ3) is 6.24. The molecule has 0 aromatic heterocycles. The molecule has 0 spiro atoms. The number of halogens is 1. The highest BCUT2D eigenvalue weighted by Gasteiger charge is 2.07. The third-order valence-corrected chi connectivity index (χ3v) is 4.03. The average Bonchev–Trinajstić information content (AvgIpc) is 2.57. The molecule has 23 heavy (non-hydrogen) atoms. The summed E-state index contributed by atoms with van der Waals surface area (Å²) in [6, 6.07) is 7.95. The highest BCUT2D eigenvalue weighted by Crippen LogP contribution is 2.13. The van der Waals surface area contributed by atoms with Crippen LogP contribution in [0, 0.1) is 0 Å². The molecule has 2 rings (SSSR count). The molecule has 1 aromatic rings. The summed E-state index contributed by atoms with van der Waals surface area (Å²) in [7, 11) is 2.06. The second-order valence-corrected chi connectivity index (χ2v) is 6.09. The molecule has 1 heterocycles. The number of aliphatic imine (C=N–C) groups is 1. The molecular formula is C18H26ClN3O. The van der Waals surface area contributed by atoms with Gasteiger partial charge in [-0.15, -0.1) is 0 Å². The Balaban J connectivity index is 1.91. The topological polar surface area (TPSA) is 36.9 Å².